The lowest BCUT2D eigenvalue weighted by Gasteiger charge is -2.29. The van der Waals surface area contributed by atoms with Gasteiger partial charge in [-0.2, -0.15) is 13.2 Å². The summed E-state index contributed by atoms with van der Waals surface area (Å²) in [5.74, 6) is -1.99. The second kappa shape index (κ2) is 6.13. The molecule has 0 aliphatic heterocycles. The van der Waals surface area contributed by atoms with Crippen LogP contribution in [0.5, 0.6) is 0 Å². The van der Waals surface area contributed by atoms with E-state index in [1.165, 1.54) is 6.07 Å². The van der Waals surface area contributed by atoms with Crippen molar-refractivity contribution < 1.29 is 18.0 Å². The number of nitrogens with two attached hydrogens (primary N) is 1. The van der Waals surface area contributed by atoms with E-state index in [-0.39, 0.29) is 31.6 Å². The van der Waals surface area contributed by atoms with Gasteiger partial charge in [-0.15, -0.1) is 0 Å². The van der Waals surface area contributed by atoms with Gasteiger partial charge in [0.15, 0.2) is 0 Å². The zero-order valence-corrected chi connectivity index (χ0v) is 12.0. The predicted octanol–water partition coefficient (Wildman–Crippen LogP) is 4.23. The van der Waals surface area contributed by atoms with E-state index in [9.17, 15) is 18.0 Å². The van der Waals surface area contributed by atoms with Gasteiger partial charge >= 0.3 is 6.18 Å². The van der Waals surface area contributed by atoms with E-state index in [0.29, 0.717) is 16.4 Å². The molecule has 1 fully saturated rings. The smallest absolute Gasteiger partial charge is 0.391 e. The van der Waals surface area contributed by atoms with Crippen LogP contribution in [0.25, 0.3) is 0 Å². The molecule has 0 unspecified atom stereocenters. The summed E-state index contributed by atoms with van der Waals surface area (Å²) in [5, 5.41) is 2.97. The molecule has 3 N–H and O–H groups in total. The van der Waals surface area contributed by atoms with E-state index >= 15 is 0 Å². The van der Waals surface area contributed by atoms with Gasteiger partial charge < -0.3 is 11.1 Å². The molecule has 1 aliphatic carbocycles. The second-order valence-corrected chi connectivity index (χ2v) is 5.73. The number of nitrogen functional groups attached to an aromatic ring is 1. The van der Waals surface area contributed by atoms with Gasteiger partial charge in [0.05, 0.1) is 16.6 Å². The molecule has 1 aromatic carbocycles. The minimum Gasteiger partial charge on any atom is -0.399 e. The number of benzene rings is 1. The highest BCUT2D eigenvalue weighted by molar-refractivity contribution is 6.34. The number of hydrogen-bond donors (Lipinski definition) is 2. The molecule has 1 saturated carbocycles. The molecule has 7 heteroatoms. The number of carbonyl (C=O) groups excluding carboxylic acids is 1. The lowest BCUT2D eigenvalue weighted by molar-refractivity contribution is -0.184. The first-order valence-corrected chi connectivity index (χ1v) is 7.08. The highest BCUT2D eigenvalue weighted by Gasteiger charge is 2.42. The molecule has 0 heterocycles. The van der Waals surface area contributed by atoms with Crippen molar-refractivity contribution in [1.29, 1.82) is 0 Å². The molecular weight excluding hydrogens is 305 g/mol. The first-order valence-electron chi connectivity index (χ1n) is 6.70. The predicted molar refractivity (Wildman–Crippen MR) is 76.0 cm³/mol. The van der Waals surface area contributed by atoms with Crippen molar-refractivity contribution in [2.75, 3.05) is 11.1 Å². The number of halogens is 4. The van der Waals surface area contributed by atoms with Gasteiger partial charge in [0.2, 0.25) is 5.91 Å². The van der Waals surface area contributed by atoms with Crippen LogP contribution in [-0.4, -0.2) is 12.1 Å². The quantitative estimate of drug-likeness (QED) is 0.801. The normalized spacial score (nSPS) is 22.9. The van der Waals surface area contributed by atoms with Gasteiger partial charge in [0.25, 0.3) is 0 Å². The second-order valence-electron chi connectivity index (χ2n) is 5.32. The van der Waals surface area contributed by atoms with Gasteiger partial charge in [-0.1, -0.05) is 11.6 Å². The molecule has 1 aliphatic rings. The van der Waals surface area contributed by atoms with Gasteiger partial charge in [-0.3, -0.25) is 4.79 Å². The van der Waals surface area contributed by atoms with Crippen molar-refractivity contribution in [2.45, 2.75) is 31.9 Å². The van der Waals surface area contributed by atoms with Crippen molar-refractivity contribution in [3.63, 3.8) is 0 Å². The van der Waals surface area contributed by atoms with Crippen LogP contribution in [0.15, 0.2) is 18.2 Å². The summed E-state index contributed by atoms with van der Waals surface area (Å²) in [6.45, 7) is 0. The monoisotopic (exact) mass is 320 g/mol. The third-order valence-electron chi connectivity index (χ3n) is 3.81. The number of carbonyl (C=O) groups is 1. The molecule has 0 radical (unpaired) electrons. The Bertz CT molecular complexity index is 525. The summed E-state index contributed by atoms with van der Waals surface area (Å²) in [6.07, 6.45) is -3.69. The third-order valence-corrected chi connectivity index (χ3v) is 4.12. The zero-order chi connectivity index (χ0) is 15.6. The average Bonchev–Trinajstić information content (AvgIpc) is 2.41. The Labute approximate surface area is 125 Å². The van der Waals surface area contributed by atoms with Crippen LogP contribution in [0.2, 0.25) is 5.02 Å². The van der Waals surface area contributed by atoms with Gasteiger partial charge in [0, 0.05) is 11.6 Å². The summed E-state index contributed by atoms with van der Waals surface area (Å²) >= 11 is 5.95. The summed E-state index contributed by atoms with van der Waals surface area (Å²) in [7, 11) is 0. The Morgan fingerprint density at radius 1 is 1.24 bits per heavy atom. The van der Waals surface area contributed by atoms with Crippen molar-refractivity contribution in [3.05, 3.63) is 23.2 Å². The topological polar surface area (TPSA) is 55.1 Å². The number of hydrogen-bond acceptors (Lipinski definition) is 2. The van der Waals surface area contributed by atoms with Crippen LogP contribution >= 0.6 is 11.6 Å². The van der Waals surface area contributed by atoms with E-state index in [1.807, 2.05) is 0 Å². The Balaban J connectivity index is 1.93. The molecule has 0 bridgehead atoms. The fraction of sp³-hybridized carbons (Fsp3) is 0.500. The maximum absolute atomic E-state index is 12.6. The van der Waals surface area contributed by atoms with Crippen LogP contribution in [0.1, 0.15) is 25.7 Å². The number of nitrogens with one attached hydrogen (secondary N) is 1. The minimum atomic E-state index is -4.16. The first kappa shape index (κ1) is 15.9. The number of alkyl halides is 3. The molecule has 116 valence electrons. The van der Waals surface area contributed by atoms with Gasteiger partial charge in [-0.05, 0) is 43.9 Å². The number of rotatable bonds is 2. The van der Waals surface area contributed by atoms with E-state index < -0.39 is 18.0 Å². The number of anilines is 2. The molecule has 2 rings (SSSR count). The Hall–Kier alpha value is -1.43. The lowest BCUT2D eigenvalue weighted by Crippen LogP contribution is -2.32. The minimum absolute atomic E-state index is 0.00292. The van der Waals surface area contributed by atoms with Crippen LogP contribution in [-0.2, 0) is 4.79 Å². The van der Waals surface area contributed by atoms with Crippen LogP contribution in [0.4, 0.5) is 24.5 Å². The van der Waals surface area contributed by atoms with E-state index in [2.05, 4.69) is 5.32 Å². The molecule has 0 spiro atoms. The molecule has 1 amide bonds. The van der Waals surface area contributed by atoms with Crippen molar-refractivity contribution >= 4 is 28.9 Å². The van der Waals surface area contributed by atoms with Crippen molar-refractivity contribution in [1.82, 2.24) is 0 Å². The van der Waals surface area contributed by atoms with Gasteiger partial charge in [-0.25, -0.2) is 0 Å². The molecule has 0 saturated heterocycles. The summed E-state index contributed by atoms with van der Waals surface area (Å²) in [4.78, 5) is 12.1. The fourth-order valence-corrected chi connectivity index (χ4v) is 2.79. The van der Waals surface area contributed by atoms with E-state index in [1.54, 1.807) is 12.1 Å². The Kier molecular flexibility index (Phi) is 4.66. The highest BCUT2D eigenvalue weighted by Crippen LogP contribution is 2.40. The molecule has 0 aromatic heterocycles. The van der Waals surface area contributed by atoms with Crippen LogP contribution < -0.4 is 11.1 Å². The SMILES string of the molecule is Nc1ccc(NC(=O)C2CCC(C(F)(F)F)CC2)c(Cl)c1. The molecular formula is C14H16ClF3N2O. The fourth-order valence-electron chi connectivity index (χ4n) is 2.55. The lowest BCUT2D eigenvalue weighted by atomic mass is 9.81. The van der Waals surface area contributed by atoms with E-state index in [0.717, 1.165) is 0 Å². The summed E-state index contributed by atoms with van der Waals surface area (Å²) in [6, 6.07) is 4.69. The summed E-state index contributed by atoms with van der Waals surface area (Å²) in [5.41, 5.74) is 6.45. The van der Waals surface area contributed by atoms with Crippen molar-refractivity contribution in [2.24, 2.45) is 11.8 Å². The number of amides is 1. The van der Waals surface area contributed by atoms with Crippen LogP contribution in [0, 0.1) is 11.8 Å². The van der Waals surface area contributed by atoms with E-state index in [4.69, 9.17) is 17.3 Å². The standard InChI is InChI=1S/C14H16ClF3N2O/c15-11-7-10(19)5-6-12(11)20-13(21)8-1-3-9(4-2-8)14(16,17)18/h5-9H,1-4,19H2,(H,20,21). The Morgan fingerprint density at radius 2 is 1.86 bits per heavy atom. The van der Waals surface area contributed by atoms with Crippen molar-refractivity contribution in [3.8, 4) is 0 Å². The average molecular weight is 321 g/mol. The maximum atomic E-state index is 12.6. The largest absolute Gasteiger partial charge is 0.399 e. The molecule has 3 nitrogen and oxygen atoms in total. The third kappa shape index (κ3) is 4.03. The van der Waals surface area contributed by atoms with Gasteiger partial charge in [0.1, 0.15) is 0 Å². The maximum Gasteiger partial charge on any atom is 0.391 e. The molecule has 0 atom stereocenters. The first-order chi connectivity index (χ1) is 9.77. The van der Waals surface area contributed by atoms with Crippen LogP contribution in [0.3, 0.4) is 0 Å². The highest BCUT2D eigenvalue weighted by atomic mass is 35.5. The Morgan fingerprint density at radius 3 is 2.38 bits per heavy atom. The molecule has 1 aromatic rings. The zero-order valence-electron chi connectivity index (χ0n) is 11.2. The summed E-state index contributed by atoms with van der Waals surface area (Å²) < 4.78 is 37.7. The molecule has 21 heavy (non-hydrogen) atoms.